The molecule has 0 spiro atoms. The van der Waals surface area contributed by atoms with Crippen LogP contribution in [-0.4, -0.2) is 30.2 Å². The van der Waals surface area contributed by atoms with Crippen molar-refractivity contribution >= 4 is 11.8 Å². The van der Waals surface area contributed by atoms with Gasteiger partial charge in [-0.25, -0.2) is 5.43 Å². The van der Waals surface area contributed by atoms with Crippen LogP contribution < -0.4 is 16.2 Å². The molecule has 0 saturated carbocycles. The van der Waals surface area contributed by atoms with E-state index in [1.807, 2.05) is 20.8 Å². The van der Waals surface area contributed by atoms with Gasteiger partial charge in [-0.15, -0.1) is 0 Å². The van der Waals surface area contributed by atoms with Crippen molar-refractivity contribution in [3.63, 3.8) is 0 Å². The van der Waals surface area contributed by atoms with Crippen LogP contribution in [0.1, 0.15) is 48.5 Å². The Morgan fingerprint density at radius 3 is 1.74 bits per heavy atom. The van der Waals surface area contributed by atoms with Gasteiger partial charge >= 0.3 is 0 Å². The molecule has 0 atom stereocenters. The number of hydrazine groups is 1. The number of amides is 2. The van der Waals surface area contributed by atoms with E-state index in [0.29, 0.717) is 0 Å². The SMILES string of the molecule is COC(C)(C)C(=O)NNC(C)(C)NC(=O)C(C)(C)C. The molecule has 0 saturated heterocycles. The zero-order chi connectivity index (χ0) is 15.5. The highest BCUT2D eigenvalue weighted by molar-refractivity contribution is 5.84. The fraction of sp³-hybridized carbons (Fsp3) is 0.846. The molecule has 19 heavy (non-hydrogen) atoms. The summed E-state index contributed by atoms with van der Waals surface area (Å²) < 4.78 is 5.06. The van der Waals surface area contributed by atoms with Gasteiger partial charge in [0.2, 0.25) is 5.91 Å². The zero-order valence-corrected chi connectivity index (χ0v) is 13.2. The Morgan fingerprint density at radius 2 is 1.37 bits per heavy atom. The van der Waals surface area contributed by atoms with Gasteiger partial charge in [-0.3, -0.25) is 15.0 Å². The highest BCUT2D eigenvalue weighted by Gasteiger charge is 2.31. The summed E-state index contributed by atoms with van der Waals surface area (Å²) in [5, 5.41) is 2.82. The third-order valence-electron chi connectivity index (χ3n) is 2.65. The Kier molecular flexibility index (Phi) is 5.53. The Balaban J connectivity index is 4.48. The molecule has 0 aromatic rings. The second-order valence-electron chi connectivity index (χ2n) is 6.62. The molecule has 0 heterocycles. The Labute approximate surface area is 115 Å². The van der Waals surface area contributed by atoms with Crippen molar-refractivity contribution < 1.29 is 14.3 Å². The largest absolute Gasteiger partial charge is 0.369 e. The molecule has 0 unspecified atom stereocenters. The summed E-state index contributed by atoms with van der Waals surface area (Å²) >= 11 is 0. The van der Waals surface area contributed by atoms with Crippen molar-refractivity contribution in [3.8, 4) is 0 Å². The summed E-state index contributed by atoms with van der Waals surface area (Å²) in [6.45, 7) is 12.3. The molecule has 0 bridgehead atoms. The standard InChI is InChI=1S/C13H27N3O3/c1-11(2,3)9(17)14-13(6,7)16-15-10(18)12(4,5)19-8/h16H,1-8H3,(H,14,17)(H,15,18). The van der Waals surface area contributed by atoms with Crippen LogP contribution in [-0.2, 0) is 14.3 Å². The summed E-state index contributed by atoms with van der Waals surface area (Å²) in [6.07, 6.45) is 0. The van der Waals surface area contributed by atoms with Crippen molar-refractivity contribution in [2.24, 2.45) is 5.41 Å². The van der Waals surface area contributed by atoms with E-state index in [2.05, 4.69) is 16.2 Å². The quantitative estimate of drug-likeness (QED) is 0.514. The summed E-state index contributed by atoms with van der Waals surface area (Å²) in [4.78, 5) is 23.7. The Bertz CT molecular complexity index is 344. The van der Waals surface area contributed by atoms with E-state index in [1.165, 1.54) is 7.11 Å². The topological polar surface area (TPSA) is 79.5 Å². The molecule has 2 amide bonds. The van der Waals surface area contributed by atoms with Crippen LogP contribution in [0.15, 0.2) is 0 Å². The summed E-state index contributed by atoms with van der Waals surface area (Å²) in [7, 11) is 1.46. The average molecular weight is 273 g/mol. The normalized spacial score (nSPS) is 13.1. The summed E-state index contributed by atoms with van der Waals surface area (Å²) in [5.74, 6) is -0.418. The first-order chi connectivity index (χ1) is 8.32. The molecular formula is C13H27N3O3. The van der Waals surface area contributed by atoms with E-state index < -0.39 is 16.7 Å². The second kappa shape index (κ2) is 5.88. The van der Waals surface area contributed by atoms with Crippen LogP contribution in [0, 0.1) is 5.41 Å². The summed E-state index contributed by atoms with van der Waals surface area (Å²) in [6, 6.07) is 0. The van der Waals surface area contributed by atoms with Gasteiger partial charge in [0.05, 0.1) is 0 Å². The van der Waals surface area contributed by atoms with Crippen LogP contribution in [0.3, 0.4) is 0 Å². The van der Waals surface area contributed by atoms with Gasteiger partial charge in [-0.1, -0.05) is 20.8 Å². The fourth-order valence-electron chi connectivity index (χ4n) is 0.959. The van der Waals surface area contributed by atoms with E-state index in [-0.39, 0.29) is 11.8 Å². The molecule has 6 heteroatoms. The first-order valence-corrected chi connectivity index (χ1v) is 6.27. The minimum atomic E-state index is -0.933. The van der Waals surface area contributed by atoms with Crippen molar-refractivity contribution in [1.82, 2.24) is 16.2 Å². The molecule has 0 aliphatic heterocycles. The maximum absolute atomic E-state index is 11.9. The second-order valence-corrected chi connectivity index (χ2v) is 6.62. The lowest BCUT2D eigenvalue weighted by Gasteiger charge is -2.32. The lowest BCUT2D eigenvalue weighted by molar-refractivity contribution is -0.142. The number of ether oxygens (including phenoxy) is 1. The number of carbonyl (C=O) groups excluding carboxylic acids is 2. The van der Waals surface area contributed by atoms with Gasteiger partial charge < -0.3 is 10.1 Å². The smallest absolute Gasteiger partial charge is 0.265 e. The van der Waals surface area contributed by atoms with Crippen molar-refractivity contribution in [2.75, 3.05) is 7.11 Å². The van der Waals surface area contributed by atoms with E-state index in [9.17, 15) is 9.59 Å². The molecule has 3 N–H and O–H groups in total. The van der Waals surface area contributed by atoms with Gasteiger partial charge in [-0.2, -0.15) is 0 Å². The number of nitrogens with one attached hydrogen (secondary N) is 3. The molecule has 6 nitrogen and oxygen atoms in total. The van der Waals surface area contributed by atoms with Crippen LogP contribution in [0.4, 0.5) is 0 Å². The maximum atomic E-state index is 11.9. The minimum Gasteiger partial charge on any atom is -0.369 e. The van der Waals surface area contributed by atoms with Crippen molar-refractivity contribution in [1.29, 1.82) is 0 Å². The third-order valence-corrected chi connectivity index (χ3v) is 2.65. The minimum absolute atomic E-state index is 0.106. The van der Waals surface area contributed by atoms with E-state index in [4.69, 9.17) is 4.74 Å². The Morgan fingerprint density at radius 1 is 0.895 bits per heavy atom. The number of methoxy groups -OCH3 is 1. The highest BCUT2D eigenvalue weighted by Crippen LogP contribution is 2.14. The van der Waals surface area contributed by atoms with E-state index in [0.717, 1.165) is 0 Å². The van der Waals surface area contributed by atoms with Gasteiger partial charge in [-0.05, 0) is 27.7 Å². The maximum Gasteiger partial charge on any atom is 0.265 e. The third kappa shape index (κ3) is 6.02. The molecule has 112 valence electrons. The monoisotopic (exact) mass is 273 g/mol. The number of carbonyl (C=O) groups is 2. The summed E-state index contributed by atoms with van der Waals surface area (Å²) in [5.41, 5.74) is 3.15. The van der Waals surface area contributed by atoms with Crippen molar-refractivity contribution in [2.45, 2.75) is 59.7 Å². The van der Waals surface area contributed by atoms with Crippen LogP contribution in [0.5, 0.6) is 0 Å². The predicted octanol–water partition coefficient (Wildman–Crippen LogP) is 0.931. The van der Waals surface area contributed by atoms with Crippen LogP contribution >= 0.6 is 0 Å². The predicted molar refractivity (Wildman–Crippen MR) is 74.0 cm³/mol. The first kappa shape index (κ1) is 17.9. The number of hydrogen-bond donors (Lipinski definition) is 3. The molecular weight excluding hydrogens is 246 g/mol. The number of rotatable bonds is 5. The average Bonchev–Trinajstić information content (AvgIpc) is 2.24. The lowest BCUT2D eigenvalue weighted by atomic mass is 9.95. The molecule has 0 aromatic heterocycles. The lowest BCUT2D eigenvalue weighted by Crippen LogP contribution is -2.63. The molecule has 0 aliphatic carbocycles. The Hall–Kier alpha value is -1.14. The first-order valence-electron chi connectivity index (χ1n) is 6.27. The van der Waals surface area contributed by atoms with Gasteiger partial charge in [0, 0.05) is 12.5 Å². The number of hydrogen-bond acceptors (Lipinski definition) is 4. The molecule has 0 radical (unpaired) electrons. The molecule has 0 aromatic carbocycles. The molecule has 0 rings (SSSR count). The molecule has 0 fully saturated rings. The van der Waals surface area contributed by atoms with E-state index in [1.54, 1.807) is 27.7 Å². The van der Waals surface area contributed by atoms with Crippen LogP contribution in [0.25, 0.3) is 0 Å². The fourth-order valence-corrected chi connectivity index (χ4v) is 0.959. The van der Waals surface area contributed by atoms with Gasteiger partial charge in [0.25, 0.3) is 5.91 Å². The zero-order valence-electron chi connectivity index (χ0n) is 13.2. The van der Waals surface area contributed by atoms with Crippen molar-refractivity contribution in [3.05, 3.63) is 0 Å². The van der Waals surface area contributed by atoms with Crippen LogP contribution in [0.2, 0.25) is 0 Å². The van der Waals surface area contributed by atoms with Gasteiger partial charge in [0.15, 0.2) is 0 Å². The highest BCUT2D eigenvalue weighted by atomic mass is 16.5. The van der Waals surface area contributed by atoms with Gasteiger partial charge in [0.1, 0.15) is 11.3 Å². The van der Waals surface area contributed by atoms with E-state index >= 15 is 0 Å². The molecule has 0 aliphatic rings.